The van der Waals surface area contributed by atoms with Crippen LogP contribution in [0.25, 0.3) is 5.65 Å². The predicted octanol–water partition coefficient (Wildman–Crippen LogP) is 2.67. The van der Waals surface area contributed by atoms with E-state index >= 15 is 0 Å². The molecule has 118 valence electrons. The summed E-state index contributed by atoms with van der Waals surface area (Å²) >= 11 is 0. The normalized spacial score (nSPS) is 15.4. The van der Waals surface area contributed by atoms with E-state index in [0.717, 1.165) is 37.6 Å². The van der Waals surface area contributed by atoms with Gasteiger partial charge < -0.3 is 9.80 Å². The van der Waals surface area contributed by atoms with Gasteiger partial charge in [0.2, 0.25) is 0 Å². The van der Waals surface area contributed by atoms with Crippen molar-refractivity contribution < 1.29 is 0 Å². The van der Waals surface area contributed by atoms with Gasteiger partial charge in [0.15, 0.2) is 5.65 Å². The Morgan fingerprint density at radius 2 is 1.70 bits per heavy atom. The molecule has 0 bridgehead atoms. The monoisotopic (exact) mass is 307 g/mol. The second-order valence-corrected chi connectivity index (χ2v) is 6.18. The van der Waals surface area contributed by atoms with Gasteiger partial charge in [0.1, 0.15) is 5.82 Å². The molecule has 0 radical (unpaired) electrons. The van der Waals surface area contributed by atoms with Crippen LogP contribution < -0.4 is 9.80 Å². The van der Waals surface area contributed by atoms with Crippen LogP contribution in [-0.2, 0) is 0 Å². The van der Waals surface area contributed by atoms with Crippen LogP contribution in [0.1, 0.15) is 11.1 Å². The van der Waals surface area contributed by atoms with Crippen LogP contribution in [0.2, 0.25) is 0 Å². The first kappa shape index (κ1) is 14.1. The number of aryl methyl sites for hydroxylation is 2. The summed E-state index contributed by atoms with van der Waals surface area (Å²) in [4.78, 5) is 9.52. The summed E-state index contributed by atoms with van der Waals surface area (Å²) in [6.07, 6.45) is 3.76. The Hall–Kier alpha value is -2.56. The fourth-order valence-corrected chi connectivity index (χ4v) is 3.32. The summed E-state index contributed by atoms with van der Waals surface area (Å²) in [6.45, 7) is 8.37. The largest absolute Gasteiger partial charge is 0.368 e. The van der Waals surface area contributed by atoms with E-state index in [1.165, 1.54) is 16.8 Å². The highest BCUT2D eigenvalue weighted by Crippen LogP contribution is 2.23. The van der Waals surface area contributed by atoms with Crippen molar-refractivity contribution in [3.8, 4) is 0 Å². The van der Waals surface area contributed by atoms with Gasteiger partial charge in [-0.25, -0.2) is 9.50 Å². The van der Waals surface area contributed by atoms with Gasteiger partial charge in [-0.1, -0.05) is 17.7 Å². The van der Waals surface area contributed by atoms with Crippen LogP contribution in [0, 0.1) is 13.8 Å². The molecule has 3 aromatic rings. The van der Waals surface area contributed by atoms with Crippen molar-refractivity contribution in [2.24, 2.45) is 0 Å². The number of aromatic nitrogens is 3. The van der Waals surface area contributed by atoms with Crippen LogP contribution in [0.5, 0.6) is 0 Å². The average Bonchev–Trinajstić information content (AvgIpc) is 3.03. The van der Waals surface area contributed by atoms with Crippen molar-refractivity contribution >= 4 is 17.2 Å². The fraction of sp³-hybridized carbons (Fsp3) is 0.333. The molecular weight excluding hydrogens is 286 g/mol. The highest BCUT2D eigenvalue weighted by atomic mass is 15.3. The van der Waals surface area contributed by atoms with Crippen molar-refractivity contribution in [1.29, 1.82) is 0 Å². The summed E-state index contributed by atoms with van der Waals surface area (Å²) in [5, 5.41) is 4.20. The molecule has 5 nitrogen and oxygen atoms in total. The summed E-state index contributed by atoms with van der Waals surface area (Å²) in [6, 6.07) is 10.7. The molecule has 2 aromatic heterocycles. The molecule has 23 heavy (non-hydrogen) atoms. The number of anilines is 2. The zero-order valence-electron chi connectivity index (χ0n) is 13.6. The van der Waals surface area contributed by atoms with Crippen molar-refractivity contribution in [3.63, 3.8) is 0 Å². The first-order valence-corrected chi connectivity index (χ1v) is 8.08. The molecule has 0 atom stereocenters. The minimum absolute atomic E-state index is 0.902. The summed E-state index contributed by atoms with van der Waals surface area (Å²) in [7, 11) is 0. The van der Waals surface area contributed by atoms with Gasteiger partial charge in [0.25, 0.3) is 0 Å². The Morgan fingerprint density at radius 3 is 2.48 bits per heavy atom. The maximum Gasteiger partial charge on any atom is 0.157 e. The fourth-order valence-electron chi connectivity index (χ4n) is 3.32. The molecule has 3 heterocycles. The van der Waals surface area contributed by atoms with Gasteiger partial charge in [-0.15, -0.1) is 0 Å². The molecule has 1 aromatic carbocycles. The highest BCUT2D eigenvalue weighted by molar-refractivity contribution is 5.56. The molecule has 1 saturated heterocycles. The first-order chi connectivity index (χ1) is 11.2. The van der Waals surface area contributed by atoms with E-state index in [-0.39, 0.29) is 0 Å². The number of benzene rings is 1. The third-order valence-corrected chi connectivity index (χ3v) is 4.54. The van der Waals surface area contributed by atoms with E-state index in [1.807, 2.05) is 18.3 Å². The highest BCUT2D eigenvalue weighted by Gasteiger charge is 2.19. The maximum atomic E-state index is 4.69. The van der Waals surface area contributed by atoms with Crippen molar-refractivity contribution in [2.45, 2.75) is 13.8 Å². The minimum Gasteiger partial charge on any atom is -0.368 e. The van der Waals surface area contributed by atoms with Gasteiger partial charge in [0.05, 0.1) is 6.20 Å². The smallest absolute Gasteiger partial charge is 0.157 e. The Kier molecular flexibility index (Phi) is 3.41. The van der Waals surface area contributed by atoms with Crippen LogP contribution in [-0.4, -0.2) is 40.8 Å². The lowest BCUT2D eigenvalue weighted by molar-refractivity contribution is 0.646. The molecule has 0 aliphatic carbocycles. The molecule has 1 fully saturated rings. The summed E-state index contributed by atoms with van der Waals surface area (Å²) < 4.78 is 1.80. The lowest BCUT2D eigenvalue weighted by Crippen LogP contribution is -2.47. The van der Waals surface area contributed by atoms with E-state index in [9.17, 15) is 0 Å². The molecule has 1 aliphatic heterocycles. The Morgan fingerprint density at radius 1 is 0.913 bits per heavy atom. The van der Waals surface area contributed by atoms with E-state index in [1.54, 1.807) is 10.7 Å². The molecule has 1 aliphatic rings. The van der Waals surface area contributed by atoms with E-state index < -0.39 is 0 Å². The molecule has 5 heteroatoms. The lowest BCUT2D eigenvalue weighted by atomic mass is 10.1. The Labute approximate surface area is 136 Å². The van der Waals surface area contributed by atoms with Gasteiger partial charge in [-0.3, -0.25) is 0 Å². The van der Waals surface area contributed by atoms with Crippen molar-refractivity contribution in [3.05, 3.63) is 53.9 Å². The lowest BCUT2D eigenvalue weighted by Gasteiger charge is -2.37. The third kappa shape index (κ3) is 2.63. The second-order valence-electron chi connectivity index (χ2n) is 6.18. The predicted molar refractivity (Wildman–Crippen MR) is 93.3 cm³/mol. The van der Waals surface area contributed by atoms with Crippen LogP contribution in [0.3, 0.4) is 0 Å². The molecule has 0 unspecified atom stereocenters. The second kappa shape index (κ2) is 5.57. The van der Waals surface area contributed by atoms with E-state index in [2.05, 4.69) is 46.9 Å². The maximum absolute atomic E-state index is 4.69. The average molecular weight is 307 g/mol. The Balaban J connectivity index is 1.50. The summed E-state index contributed by atoms with van der Waals surface area (Å²) in [5.41, 5.74) is 4.94. The van der Waals surface area contributed by atoms with Crippen LogP contribution >= 0.6 is 0 Å². The molecule has 0 amide bonds. The van der Waals surface area contributed by atoms with Crippen LogP contribution in [0.4, 0.5) is 11.5 Å². The number of rotatable bonds is 2. The zero-order chi connectivity index (χ0) is 15.8. The standard InChI is InChI=1S/C18H21N5/c1-14-3-4-16(15(2)13-14)21-9-11-22(12-10-21)17-6-8-23-18(20-17)5-7-19-23/h3-8,13H,9-12H2,1-2H3. The molecular formula is C18H21N5. The molecule has 0 N–H and O–H groups in total. The van der Waals surface area contributed by atoms with E-state index in [4.69, 9.17) is 4.98 Å². The number of nitrogens with zero attached hydrogens (tertiary/aromatic N) is 5. The minimum atomic E-state index is 0.902. The number of piperazine rings is 1. The molecule has 4 rings (SSSR count). The van der Waals surface area contributed by atoms with Crippen molar-refractivity contribution in [1.82, 2.24) is 14.6 Å². The number of hydrogen-bond donors (Lipinski definition) is 0. The van der Waals surface area contributed by atoms with Gasteiger partial charge >= 0.3 is 0 Å². The molecule has 0 spiro atoms. The Bertz CT molecular complexity index is 830. The number of hydrogen-bond acceptors (Lipinski definition) is 4. The van der Waals surface area contributed by atoms with Gasteiger partial charge in [-0.2, -0.15) is 5.10 Å². The summed E-state index contributed by atoms with van der Waals surface area (Å²) in [5.74, 6) is 1.04. The topological polar surface area (TPSA) is 36.7 Å². The van der Waals surface area contributed by atoms with Gasteiger partial charge in [0, 0.05) is 44.1 Å². The van der Waals surface area contributed by atoms with Gasteiger partial charge in [-0.05, 0) is 31.5 Å². The zero-order valence-corrected chi connectivity index (χ0v) is 13.6. The van der Waals surface area contributed by atoms with Crippen LogP contribution in [0.15, 0.2) is 42.7 Å². The molecule has 0 saturated carbocycles. The number of fused-ring (bicyclic) bond motifs is 1. The van der Waals surface area contributed by atoms with Crippen molar-refractivity contribution in [2.75, 3.05) is 36.0 Å². The quantitative estimate of drug-likeness (QED) is 0.729. The third-order valence-electron chi connectivity index (χ3n) is 4.54. The first-order valence-electron chi connectivity index (χ1n) is 8.08. The van der Waals surface area contributed by atoms with E-state index in [0.29, 0.717) is 0 Å². The SMILES string of the molecule is Cc1ccc(N2CCN(c3ccn4nccc4n3)CC2)c(C)c1.